The summed E-state index contributed by atoms with van der Waals surface area (Å²) in [6, 6.07) is 0. The van der Waals surface area contributed by atoms with Gasteiger partial charge in [0.15, 0.2) is 0 Å². The summed E-state index contributed by atoms with van der Waals surface area (Å²) in [4.78, 5) is 0. The van der Waals surface area contributed by atoms with E-state index in [0.717, 1.165) is 0 Å². The van der Waals surface area contributed by atoms with Crippen molar-refractivity contribution in [2.24, 2.45) is 0 Å². The van der Waals surface area contributed by atoms with E-state index in [1.165, 1.54) is 13.3 Å². The predicted molar refractivity (Wildman–Crippen MR) is 42.8 cm³/mol. The van der Waals surface area contributed by atoms with E-state index in [9.17, 15) is 0 Å². The van der Waals surface area contributed by atoms with E-state index in [4.69, 9.17) is 5.26 Å². The molecule has 0 aromatic carbocycles. The fourth-order valence-electron chi connectivity index (χ4n) is 0.987. The van der Waals surface area contributed by atoms with Gasteiger partial charge in [-0.1, -0.05) is 0 Å². The number of hydrogen-bond acceptors (Lipinski definition) is 1. The van der Waals surface area contributed by atoms with E-state index in [2.05, 4.69) is 24.9 Å². The molecule has 0 atom stereocenters. The van der Waals surface area contributed by atoms with Crippen molar-refractivity contribution in [3.8, 4) is 4.09 Å². The second-order valence-corrected chi connectivity index (χ2v) is 16.5. The zero-order chi connectivity index (χ0) is 7.33. The predicted octanol–water partition coefficient (Wildman–Crippen LogP) is 2.56. The molecule has 52 valence electrons. The molecule has 0 heterocycles. The van der Waals surface area contributed by atoms with Crippen LogP contribution in [-0.4, -0.2) is 18.4 Å². The third-order valence-electron chi connectivity index (χ3n) is 2.27. The molecule has 0 amide bonds. The molecule has 2 heteroatoms. The van der Waals surface area contributed by atoms with Crippen LogP contribution in [0.25, 0.3) is 0 Å². The molecule has 0 unspecified atom stereocenters. The van der Waals surface area contributed by atoms with Gasteiger partial charge in [0.25, 0.3) is 0 Å². The van der Waals surface area contributed by atoms with Crippen molar-refractivity contribution in [1.29, 1.82) is 5.26 Å². The monoisotopic (exact) mass is 233 g/mol. The molecule has 0 aliphatic heterocycles. The van der Waals surface area contributed by atoms with Crippen molar-refractivity contribution >= 4 is 18.4 Å². The molecule has 0 rings (SSSR count). The summed E-state index contributed by atoms with van der Waals surface area (Å²) in [5.74, 6) is 0. The molecule has 0 aliphatic rings. The molecular formula is C7H15NSn. The standard InChI is InChI=1S/3C2H5.CN.Sn/c4*1-2;/h3*1H2,2H3;;. The molecule has 0 saturated carbocycles. The van der Waals surface area contributed by atoms with Crippen molar-refractivity contribution in [2.75, 3.05) is 0 Å². The number of nitriles is 1. The topological polar surface area (TPSA) is 23.8 Å². The molecule has 9 heavy (non-hydrogen) atoms. The number of hydrogen-bond donors (Lipinski definition) is 0. The molecular weight excluding hydrogens is 217 g/mol. The van der Waals surface area contributed by atoms with Crippen molar-refractivity contribution in [2.45, 2.75) is 34.1 Å². The van der Waals surface area contributed by atoms with Gasteiger partial charge in [0, 0.05) is 0 Å². The summed E-state index contributed by atoms with van der Waals surface area (Å²) in [6.45, 7) is 6.52. The summed E-state index contributed by atoms with van der Waals surface area (Å²) in [7, 11) is 0. The Kier molecular flexibility index (Phi) is 4.29. The molecule has 0 aromatic rings. The van der Waals surface area contributed by atoms with Crippen LogP contribution in [0.15, 0.2) is 0 Å². The first-order valence-electron chi connectivity index (χ1n) is 3.66. The zero-order valence-corrected chi connectivity index (χ0v) is 9.42. The van der Waals surface area contributed by atoms with Gasteiger partial charge in [0.1, 0.15) is 0 Å². The Hall–Kier alpha value is 0.289. The first-order chi connectivity index (χ1) is 4.24. The Balaban J connectivity index is 4.04. The van der Waals surface area contributed by atoms with Gasteiger partial charge in [-0.15, -0.1) is 0 Å². The maximum absolute atomic E-state index is 8.82. The van der Waals surface area contributed by atoms with Gasteiger partial charge in [-0.25, -0.2) is 0 Å². The fourth-order valence-corrected chi connectivity index (χ4v) is 6.62. The van der Waals surface area contributed by atoms with E-state index >= 15 is 0 Å². The summed E-state index contributed by atoms with van der Waals surface area (Å²) >= 11 is -2.08. The first kappa shape index (κ1) is 9.29. The van der Waals surface area contributed by atoms with Crippen LogP contribution >= 0.6 is 0 Å². The van der Waals surface area contributed by atoms with Crippen LogP contribution in [0.3, 0.4) is 0 Å². The van der Waals surface area contributed by atoms with Crippen LogP contribution in [0.1, 0.15) is 20.8 Å². The Bertz CT molecular complexity index is 102. The Labute approximate surface area is 61.9 Å². The van der Waals surface area contributed by atoms with Gasteiger partial charge in [0.05, 0.1) is 0 Å². The second-order valence-electron chi connectivity index (χ2n) is 2.45. The van der Waals surface area contributed by atoms with Crippen molar-refractivity contribution in [3.05, 3.63) is 0 Å². The van der Waals surface area contributed by atoms with Gasteiger partial charge in [-0.2, -0.15) is 0 Å². The van der Waals surface area contributed by atoms with Crippen molar-refractivity contribution < 1.29 is 0 Å². The molecule has 0 aromatic heterocycles. The van der Waals surface area contributed by atoms with E-state index in [1.807, 2.05) is 0 Å². The third-order valence-corrected chi connectivity index (χ3v) is 15.2. The minimum atomic E-state index is -2.08. The summed E-state index contributed by atoms with van der Waals surface area (Å²) in [6.07, 6.45) is 0. The zero-order valence-electron chi connectivity index (χ0n) is 6.57. The molecule has 0 aliphatic carbocycles. The Morgan fingerprint density at radius 3 is 1.44 bits per heavy atom. The SMILES string of the molecule is C[CH2][Sn]([C]#N)([CH2]C)[CH2]C. The van der Waals surface area contributed by atoms with Gasteiger partial charge in [-0.3, -0.25) is 0 Å². The third kappa shape index (κ3) is 2.17. The van der Waals surface area contributed by atoms with Crippen LogP contribution in [0.5, 0.6) is 0 Å². The van der Waals surface area contributed by atoms with Gasteiger partial charge < -0.3 is 0 Å². The maximum atomic E-state index is 8.82. The van der Waals surface area contributed by atoms with Gasteiger partial charge >= 0.3 is 61.8 Å². The molecule has 0 fully saturated rings. The Morgan fingerprint density at radius 1 is 1.11 bits per heavy atom. The molecule has 0 bridgehead atoms. The normalized spacial score (nSPS) is 10.9. The molecule has 0 saturated heterocycles. The first-order valence-corrected chi connectivity index (χ1v) is 11.1. The van der Waals surface area contributed by atoms with Crippen LogP contribution in [0.4, 0.5) is 0 Å². The number of nitrogens with zero attached hydrogens (tertiary/aromatic N) is 1. The second kappa shape index (κ2) is 4.16. The van der Waals surface area contributed by atoms with E-state index in [-0.39, 0.29) is 0 Å². The van der Waals surface area contributed by atoms with Crippen molar-refractivity contribution in [1.82, 2.24) is 0 Å². The van der Waals surface area contributed by atoms with Crippen molar-refractivity contribution in [3.63, 3.8) is 0 Å². The molecule has 0 radical (unpaired) electrons. The van der Waals surface area contributed by atoms with Crippen LogP contribution < -0.4 is 0 Å². The summed E-state index contributed by atoms with van der Waals surface area (Å²) in [5.41, 5.74) is 0. The minimum absolute atomic E-state index is 1.19. The molecule has 1 nitrogen and oxygen atoms in total. The quantitative estimate of drug-likeness (QED) is 0.686. The van der Waals surface area contributed by atoms with Gasteiger partial charge in [0.2, 0.25) is 0 Å². The summed E-state index contributed by atoms with van der Waals surface area (Å²) < 4.78 is 6.15. The van der Waals surface area contributed by atoms with Crippen LogP contribution in [0.2, 0.25) is 13.3 Å². The molecule has 0 spiro atoms. The van der Waals surface area contributed by atoms with Crippen LogP contribution in [-0.2, 0) is 0 Å². The summed E-state index contributed by atoms with van der Waals surface area (Å²) in [5, 5.41) is 8.82. The van der Waals surface area contributed by atoms with Gasteiger partial charge in [-0.05, 0) is 0 Å². The average molecular weight is 232 g/mol. The number of rotatable bonds is 3. The van der Waals surface area contributed by atoms with Crippen LogP contribution in [0, 0.1) is 9.35 Å². The van der Waals surface area contributed by atoms with E-state index in [1.54, 1.807) is 0 Å². The Morgan fingerprint density at radius 2 is 1.44 bits per heavy atom. The average Bonchev–Trinajstić information content (AvgIpc) is 1.95. The molecule has 0 N–H and O–H groups in total. The van der Waals surface area contributed by atoms with E-state index in [0.29, 0.717) is 0 Å². The fraction of sp³-hybridized carbons (Fsp3) is 0.857. The van der Waals surface area contributed by atoms with E-state index < -0.39 is 18.4 Å².